The second-order valence-electron chi connectivity index (χ2n) is 5.55. The Balaban J connectivity index is 1.74. The van der Waals surface area contributed by atoms with Crippen LogP contribution in [0, 0.1) is 6.92 Å². The molecule has 0 spiro atoms. The van der Waals surface area contributed by atoms with Gasteiger partial charge in [-0.1, -0.05) is 29.8 Å². The van der Waals surface area contributed by atoms with Crippen LogP contribution >= 0.6 is 23.4 Å². The maximum atomic E-state index is 12.5. The van der Waals surface area contributed by atoms with E-state index in [0.717, 1.165) is 35.7 Å². The molecule has 1 heterocycles. The van der Waals surface area contributed by atoms with Gasteiger partial charge in [0.15, 0.2) is 0 Å². The molecule has 0 aromatic heterocycles. The van der Waals surface area contributed by atoms with E-state index in [0.29, 0.717) is 11.6 Å². The Hall–Kier alpha value is -1.65. The highest BCUT2D eigenvalue weighted by molar-refractivity contribution is 7.99. The average molecular weight is 347 g/mol. The molecule has 0 atom stereocenters. The number of amides is 1. The number of halogens is 1. The molecule has 5 heteroatoms. The van der Waals surface area contributed by atoms with Gasteiger partial charge in [0, 0.05) is 22.2 Å². The highest BCUT2D eigenvalue weighted by atomic mass is 35.5. The predicted octanol–water partition coefficient (Wildman–Crippen LogP) is 4.59. The topological polar surface area (TPSA) is 32.3 Å². The number of anilines is 2. The largest absolute Gasteiger partial charge is 0.361 e. The van der Waals surface area contributed by atoms with Crippen molar-refractivity contribution in [2.75, 3.05) is 29.1 Å². The number of hydrogen-bond acceptors (Lipinski definition) is 3. The molecule has 23 heavy (non-hydrogen) atoms. The van der Waals surface area contributed by atoms with Gasteiger partial charge >= 0.3 is 0 Å². The molecule has 1 aliphatic rings. The maximum Gasteiger partial charge on any atom is 0.243 e. The van der Waals surface area contributed by atoms with Gasteiger partial charge in [-0.25, -0.2) is 0 Å². The Morgan fingerprint density at radius 3 is 2.96 bits per heavy atom. The monoisotopic (exact) mass is 346 g/mol. The summed E-state index contributed by atoms with van der Waals surface area (Å²) >= 11 is 7.97. The first-order valence-corrected chi connectivity index (χ1v) is 9.03. The summed E-state index contributed by atoms with van der Waals surface area (Å²) < 4.78 is 0. The number of nitrogens with one attached hydrogen (secondary N) is 1. The Kier molecular flexibility index (Phi) is 5.13. The molecule has 1 aliphatic heterocycles. The van der Waals surface area contributed by atoms with Crippen molar-refractivity contribution in [3.63, 3.8) is 0 Å². The van der Waals surface area contributed by atoms with Gasteiger partial charge in [-0.2, -0.15) is 0 Å². The number of nitrogens with zero attached hydrogens (tertiary/aromatic N) is 1. The number of para-hydroxylation sites is 1. The van der Waals surface area contributed by atoms with Crippen LogP contribution in [0.25, 0.3) is 0 Å². The standard InChI is InChI=1S/C18H19ClN2OS/c1-13-14(19)6-4-7-15(13)20-18(22)12-21-10-5-11-23-17-9-3-2-8-16(17)21/h2-4,6-9H,5,10-12H2,1H3,(H,20,22). The van der Waals surface area contributed by atoms with E-state index < -0.39 is 0 Å². The third kappa shape index (κ3) is 3.82. The van der Waals surface area contributed by atoms with Gasteiger partial charge in [0.05, 0.1) is 12.2 Å². The Morgan fingerprint density at radius 2 is 2.09 bits per heavy atom. The van der Waals surface area contributed by atoms with Crippen molar-refractivity contribution in [3.8, 4) is 0 Å². The van der Waals surface area contributed by atoms with Gasteiger partial charge in [-0.15, -0.1) is 11.8 Å². The predicted molar refractivity (Wildman–Crippen MR) is 98.8 cm³/mol. The second kappa shape index (κ2) is 7.28. The smallest absolute Gasteiger partial charge is 0.243 e. The molecule has 1 N–H and O–H groups in total. The van der Waals surface area contributed by atoms with Crippen LogP contribution in [-0.4, -0.2) is 24.7 Å². The second-order valence-corrected chi connectivity index (χ2v) is 7.10. The normalized spacial score (nSPS) is 14.1. The average Bonchev–Trinajstić information content (AvgIpc) is 2.75. The quantitative estimate of drug-likeness (QED) is 0.882. The number of carbonyl (C=O) groups excluding carboxylic acids is 1. The fraction of sp³-hybridized carbons (Fsp3) is 0.278. The third-order valence-electron chi connectivity index (χ3n) is 3.91. The molecular weight excluding hydrogens is 328 g/mol. The van der Waals surface area contributed by atoms with Crippen LogP contribution in [0.5, 0.6) is 0 Å². The minimum Gasteiger partial charge on any atom is -0.361 e. The molecule has 0 aliphatic carbocycles. The summed E-state index contributed by atoms with van der Waals surface area (Å²) in [6.45, 7) is 3.16. The zero-order chi connectivity index (χ0) is 16.2. The molecule has 2 aromatic carbocycles. The number of rotatable bonds is 3. The van der Waals surface area contributed by atoms with Crippen molar-refractivity contribution in [1.29, 1.82) is 0 Å². The Morgan fingerprint density at radius 1 is 1.26 bits per heavy atom. The van der Waals surface area contributed by atoms with E-state index >= 15 is 0 Å². The van der Waals surface area contributed by atoms with Crippen LogP contribution in [0.2, 0.25) is 5.02 Å². The SMILES string of the molecule is Cc1c(Cl)cccc1NC(=O)CN1CCCSc2ccccc21. The lowest BCUT2D eigenvalue weighted by Gasteiger charge is -2.24. The molecule has 120 valence electrons. The van der Waals surface area contributed by atoms with Crippen LogP contribution in [0.1, 0.15) is 12.0 Å². The molecule has 0 radical (unpaired) electrons. The van der Waals surface area contributed by atoms with Gasteiger partial charge in [0.2, 0.25) is 5.91 Å². The number of thioether (sulfide) groups is 1. The first kappa shape index (κ1) is 16.2. The van der Waals surface area contributed by atoms with E-state index in [2.05, 4.69) is 22.3 Å². The molecule has 0 bridgehead atoms. The first-order valence-electron chi connectivity index (χ1n) is 7.67. The van der Waals surface area contributed by atoms with Gasteiger partial charge < -0.3 is 10.2 Å². The van der Waals surface area contributed by atoms with E-state index in [1.165, 1.54) is 4.90 Å². The van der Waals surface area contributed by atoms with E-state index in [-0.39, 0.29) is 5.91 Å². The van der Waals surface area contributed by atoms with Crippen molar-refractivity contribution in [2.45, 2.75) is 18.2 Å². The van der Waals surface area contributed by atoms with Crippen LogP contribution in [0.3, 0.4) is 0 Å². The summed E-state index contributed by atoms with van der Waals surface area (Å²) in [4.78, 5) is 15.9. The number of fused-ring (bicyclic) bond motifs is 1. The summed E-state index contributed by atoms with van der Waals surface area (Å²) in [5.41, 5.74) is 2.82. The lowest BCUT2D eigenvalue weighted by Crippen LogP contribution is -2.34. The Bertz CT molecular complexity index is 720. The van der Waals surface area contributed by atoms with Crippen molar-refractivity contribution in [3.05, 3.63) is 53.1 Å². The summed E-state index contributed by atoms with van der Waals surface area (Å²) in [6.07, 6.45) is 1.07. The van der Waals surface area contributed by atoms with Crippen LogP contribution < -0.4 is 10.2 Å². The zero-order valence-electron chi connectivity index (χ0n) is 13.0. The van der Waals surface area contributed by atoms with Crippen LogP contribution in [0.4, 0.5) is 11.4 Å². The van der Waals surface area contributed by atoms with Crippen molar-refractivity contribution >= 4 is 40.6 Å². The van der Waals surface area contributed by atoms with Crippen molar-refractivity contribution < 1.29 is 4.79 Å². The minimum absolute atomic E-state index is 0.0166. The van der Waals surface area contributed by atoms with E-state index in [1.54, 1.807) is 0 Å². The van der Waals surface area contributed by atoms with Gasteiger partial charge in [0.1, 0.15) is 0 Å². The van der Waals surface area contributed by atoms with Gasteiger partial charge in [0.25, 0.3) is 0 Å². The molecule has 2 aromatic rings. The third-order valence-corrected chi connectivity index (χ3v) is 5.47. The number of hydrogen-bond donors (Lipinski definition) is 1. The summed E-state index contributed by atoms with van der Waals surface area (Å²) in [5, 5.41) is 3.64. The van der Waals surface area contributed by atoms with Gasteiger partial charge in [-0.05, 0) is 48.9 Å². The maximum absolute atomic E-state index is 12.5. The number of carbonyl (C=O) groups is 1. The van der Waals surface area contributed by atoms with E-state index in [9.17, 15) is 4.79 Å². The number of benzene rings is 2. The lowest BCUT2D eigenvalue weighted by atomic mass is 10.2. The molecule has 1 amide bonds. The van der Waals surface area contributed by atoms with Crippen molar-refractivity contribution in [2.24, 2.45) is 0 Å². The van der Waals surface area contributed by atoms with E-state index in [1.807, 2.05) is 49.0 Å². The molecule has 0 unspecified atom stereocenters. The summed E-state index contributed by atoms with van der Waals surface area (Å²) in [5.74, 6) is 1.07. The molecule has 0 saturated carbocycles. The van der Waals surface area contributed by atoms with Crippen LogP contribution in [0.15, 0.2) is 47.4 Å². The zero-order valence-corrected chi connectivity index (χ0v) is 14.6. The highest BCUT2D eigenvalue weighted by Gasteiger charge is 2.18. The Labute approximate surface area is 146 Å². The molecule has 0 fully saturated rings. The van der Waals surface area contributed by atoms with Gasteiger partial charge in [-0.3, -0.25) is 4.79 Å². The first-order chi connectivity index (χ1) is 11.1. The lowest BCUT2D eigenvalue weighted by molar-refractivity contribution is -0.115. The molecule has 0 saturated heterocycles. The summed E-state index contributed by atoms with van der Waals surface area (Å²) in [7, 11) is 0. The van der Waals surface area contributed by atoms with Crippen LogP contribution in [-0.2, 0) is 4.79 Å². The fourth-order valence-corrected chi connectivity index (χ4v) is 3.86. The molecule has 3 rings (SSSR count). The fourth-order valence-electron chi connectivity index (χ4n) is 2.67. The summed E-state index contributed by atoms with van der Waals surface area (Å²) in [6, 6.07) is 13.8. The van der Waals surface area contributed by atoms with Crippen molar-refractivity contribution in [1.82, 2.24) is 0 Å². The molecule has 3 nitrogen and oxygen atoms in total. The van der Waals surface area contributed by atoms with E-state index in [4.69, 9.17) is 11.6 Å². The molecular formula is C18H19ClN2OS. The minimum atomic E-state index is -0.0166. The highest BCUT2D eigenvalue weighted by Crippen LogP contribution is 2.33.